The first kappa shape index (κ1) is 11.9. The first-order valence-corrected chi connectivity index (χ1v) is 5.77. The largest absolute Gasteiger partial charge is 0.437 e. The van der Waals surface area contributed by atoms with E-state index in [4.69, 9.17) is 15.6 Å². The lowest BCUT2D eigenvalue weighted by Gasteiger charge is -2.08. The number of pyridine rings is 1. The van der Waals surface area contributed by atoms with Crippen LogP contribution in [0.25, 0.3) is 0 Å². The van der Waals surface area contributed by atoms with Gasteiger partial charge in [0.2, 0.25) is 5.88 Å². The first-order valence-electron chi connectivity index (χ1n) is 4.97. The van der Waals surface area contributed by atoms with Crippen LogP contribution in [-0.4, -0.2) is 10.1 Å². The Morgan fingerprint density at radius 1 is 1.35 bits per heavy atom. The van der Waals surface area contributed by atoms with Gasteiger partial charge in [-0.15, -0.1) is 0 Å². The van der Waals surface area contributed by atoms with E-state index in [2.05, 4.69) is 20.9 Å². The Hall–Kier alpha value is -1.59. The molecule has 1 aromatic heterocycles. The Morgan fingerprint density at radius 2 is 2.18 bits per heavy atom. The van der Waals surface area contributed by atoms with E-state index in [1.807, 2.05) is 6.07 Å². The number of aliphatic hydroxyl groups is 1. The van der Waals surface area contributed by atoms with Crippen molar-refractivity contribution in [2.24, 2.45) is 0 Å². The number of ether oxygens (including phenoxy) is 1. The first-order chi connectivity index (χ1) is 8.19. The highest BCUT2D eigenvalue weighted by Gasteiger charge is 2.04. The van der Waals surface area contributed by atoms with Gasteiger partial charge in [-0.2, -0.15) is 0 Å². The van der Waals surface area contributed by atoms with Crippen molar-refractivity contribution in [2.75, 3.05) is 5.73 Å². The number of aromatic nitrogens is 1. The highest BCUT2D eigenvalue weighted by atomic mass is 79.9. The Morgan fingerprint density at radius 3 is 2.88 bits per heavy atom. The van der Waals surface area contributed by atoms with Gasteiger partial charge >= 0.3 is 0 Å². The number of anilines is 1. The molecule has 0 fully saturated rings. The molecule has 0 radical (unpaired) electrons. The summed E-state index contributed by atoms with van der Waals surface area (Å²) in [6, 6.07) is 8.85. The number of nitrogen functional groups attached to an aromatic ring is 1. The van der Waals surface area contributed by atoms with Gasteiger partial charge < -0.3 is 15.6 Å². The fourth-order valence-corrected chi connectivity index (χ4v) is 1.70. The summed E-state index contributed by atoms with van der Waals surface area (Å²) in [5.74, 6) is 0.946. The van der Waals surface area contributed by atoms with Crippen molar-refractivity contribution in [3.8, 4) is 11.6 Å². The van der Waals surface area contributed by atoms with Crippen molar-refractivity contribution in [1.29, 1.82) is 0 Å². The van der Waals surface area contributed by atoms with Crippen molar-refractivity contribution in [3.05, 3.63) is 46.6 Å². The number of halogens is 1. The Bertz CT molecular complexity index is 532. The quantitative estimate of drug-likeness (QED) is 0.913. The van der Waals surface area contributed by atoms with Crippen LogP contribution in [0.15, 0.2) is 41.0 Å². The average molecular weight is 295 g/mol. The molecule has 3 N–H and O–H groups in total. The maximum absolute atomic E-state index is 9.02. The van der Waals surface area contributed by atoms with Crippen LogP contribution in [0.4, 0.5) is 5.69 Å². The molecular weight excluding hydrogens is 284 g/mol. The van der Waals surface area contributed by atoms with E-state index in [0.717, 1.165) is 10.0 Å². The molecular formula is C12H11BrN2O2. The molecule has 0 aliphatic rings. The maximum atomic E-state index is 9.02. The van der Waals surface area contributed by atoms with E-state index in [-0.39, 0.29) is 6.61 Å². The lowest BCUT2D eigenvalue weighted by atomic mass is 10.2. The van der Waals surface area contributed by atoms with Gasteiger partial charge in [-0.05, 0) is 39.7 Å². The summed E-state index contributed by atoms with van der Waals surface area (Å²) in [5, 5.41) is 9.02. The molecule has 0 unspecified atom stereocenters. The van der Waals surface area contributed by atoms with Crippen LogP contribution >= 0.6 is 15.9 Å². The summed E-state index contributed by atoms with van der Waals surface area (Å²) < 4.78 is 6.34. The number of aliphatic hydroxyl groups excluding tert-OH is 1. The van der Waals surface area contributed by atoms with E-state index in [1.54, 1.807) is 30.5 Å². The molecule has 0 spiro atoms. The summed E-state index contributed by atoms with van der Waals surface area (Å²) in [6.45, 7) is -0.0273. The molecule has 1 heterocycles. The molecule has 5 heteroatoms. The zero-order valence-electron chi connectivity index (χ0n) is 8.93. The second kappa shape index (κ2) is 5.16. The molecule has 88 valence electrons. The zero-order chi connectivity index (χ0) is 12.3. The van der Waals surface area contributed by atoms with Crippen molar-refractivity contribution in [1.82, 2.24) is 4.98 Å². The SMILES string of the molecule is Nc1cc(Br)cnc1Oc1cccc(CO)c1. The van der Waals surface area contributed by atoms with Crippen LogP contribution < -0.4 is 10.5 Å². The molecule has 0 saturated carbocycles. The summed E-state index contributed by atoms with van der Waals surface area (Å²) >= 11 is 3.27. The zero-order valence-corrected chi connectivity index (χ0v) is 10.5. The molecule has 0 saturated heterocycles. The lowest BCUT2D eigenvalue weighted by molar-refractivity contribution is 0.281. The monoisotopic (exact) mass is 294 g/mol. The van der Waals surface area contributed by atoms with Crippen molar-refractivity contribution in [3.63, 3.8) is 0 Å². The summed E-state index contributed by atoms with van der Waals surface area (Å²) in [6.07, 6.45) is 1.61. The Labute approximate surface area is 107 Å². The van der Waals surface area contributed by atoms with Gasteiger partial charge in [0.15, 0.2) is 0 Å². The minimum absolute atomic E-state index is 0.0273. The molecule has 0 amide bonds. The van der Waals surface area contributed by atoms with Gasteiger partial charge in [-0.1, -0.05) is 12.1 Å². The number of benzene rings is 1. The summed E-state index contributed by atoms with van der Waals surface area (Å²) in [4.78, 5) is 4.07. The van der Waals surface area contributed by atoms with Crippen LogP contribution in [-0.2, 0) is 6.61 Å². The fraction of sp³-hybridized carbons (Fsp3) is 0.0833. The van der Waals surface area contributed by atoms with Gasteiger partial charge in [0.1, 0.15) is 5.75 Å². The number of hydrogen-bond donors (Lipinski definition) is 2. The number of nitrogens with two attached hydrogens (primary N) is 1. The minimum Gasteiger partial charge on any atom is -0.437 e. The van der Waals surface area contributed by atoms with Crippen molar-refractivity contribution in [2.45, 2.75) is 6.61 Å². The van der Waals surface area contributed by atoms with E-state index < -0.39 is 0 Å². The molecule has 0 bridgehead atoms. The normalized spacial score (nSPS) is 10.2. The molecule has 1 aromatic carbocycles. The smallest absolute Gasteiger partial charge is 0.242 e. The van der Waals surface area contributed by atoms with Crippen LogP contribution in [0.5, 0.6) is 11.6 Å². The Balaban J connectivity index is 2.25. The maximum Gasteiger partial charge on any atom is 0.242 e. The molecule has 2 rings (SSSR count). The third-order valence-electron chi connectivity index (χ3n) is 2.14. The number of hydrogen-bond acceptors (Lipinski definition) is 4. The van der Waals surface area contributed by atoms with Crippen molar-refractivity contribution >= 4 is 21.6 Å². The standard InChI is InChI=1S/C12H11BrN2O2/c13-9-5-11(14)12(15-6-9)17-10-3-1-2-8(4-10)7-16/h1-6,16H,7,14H2. The fourth-order valence-electron chi connectivity index (χ4n) is 1.35. The average Bonchev–Trinajstić information content (AvgIpc) is 2.33. The number of rotatable bonds is 3. The minimum atomic E-state index is -0.0273. The third kappa shape index (κ3) is 2.95. The van der Waals surface area contributed by atoms with E-state index in [0.29, 0.717) is 17.3 Å². The summed E-state index contributed by atoms with van der Waals surface area (Å²) in [5.41, 5.74) is 7.00. The van der Waals surface area contributed by atoms with Crippen LogP contribution in [0.3, 0.4) is 0 Å². The molecule has 4 nitrogen and oxygen atoms in total. The van der Waals surface area contributed by atoms with Gasteiger partial charge in [-0.3, -0.25) is 0 Å². The predicted molar refractivity (Wildman–Crippen MR) is 68.8 cm³/mol. The topological polar surface area (TPSA) is 68.4 Å². The van der Waals surface area contributed by atoms with Crippen LogP contribution in [0.2, 0.25) is 0 Å². The van der Waals surface area contributed by atoms with Crippen LogP contribution in [0.1, 0.15) is 5.56 Å². The third-order valence-corrected chi connectivity index (χ3v) is 2.57. The van der Waals surface area contributed by atoms with Crippen molar-refractivity contribution < 1.29 is 9.84 Å². The lowest BCUT2D eigenvalue weighted by Crippen LogP contribution is -1.95. The van der Waals surface area contributed by atoms with Gasteiger partial charge in [-0.25, -0.2) is 4.98 Å². The van der Waals surface area contributed by atoms with Gasteiger partial charge in [0, 0.05) is 10.7 Å². The second-order valence-corrected chi connectivity index (χ2v) is 4.37. The highest BCUT2D eigenvalue weighted by Crippen LogP contribution is 2.27. The molecule has 0 aliphatic heterocycles. The second-order valence-electron chi connectivity index (χ2n) is 3.46. The van der Waals surface area contributed by atoms with Crippen LogP contribution in [0, 0.1) is 0 Å². The van der Waals surface area contributed by atoms with E-state index in [1.165, 1.54) is 0 Å². The Kier molecular flexibility index (Phi) is 3.61. The molecule has 2 aromatic rings. The summed E-state index contributed by atoms with van der Waals surface area (Å²) in [7, 11) is 0. The molecule has 0 atom stereocenters. The molecule has 0 aliphatic carbocycles. The highest BCUT2D eigenvalue weighted by molar-refractivity contribution is 9.10. The van der Waals surface area contributed by atoms with Gasteiger partial charge in [0.25, 0.3) is 0 Å². The molecule has 17 heavy (non-hydrogen) atoms. The van der Waals surface area contributed by atoms with Gasteiger partial charge in [0.05, 0.1) is 12.3 Å². The van der Waals surface area contributed by atoms with E-state index in [9.17, 15) is 0 Å². The van der Waals surface area contributed by atoms with E-state index >= 15 is 0 Å². The predicted octanol–water partition coefficient (Wildman–Crippen LogP) is 2.71. The number of nitrogens with zero attached hydrogens (tertiary/aromatic N) is 1.